The summed E-state index contributed by atoms with van der Waals surface area (Å²) in [4.78, 5) is 0. The van der Waals surface area contributed by atoms with Crippen LogP contribution in [0.4, 0.5) is 0 Å². The monoisotopic (exact) mass is 239 g/mol. The van der Waals surface area contributed by atoms with E-state index in [9.17, 15) is 0 Å². The van der Waals surface area contributed by atoms with Gasteiger partial charge in [-0.1, -0.05) is 0 Å². The molecule has 66 valence electrons. The summed E-state index contributed by atoms with van der Waals surface area (Å²) in [6, 6.07) is 5.79. The van der Waals surface area contributed by atoms with E-state index in [2.05, 4.69) is 22.0 Å². The minimum atomic E-state index is 0.254. The molecule has 3 nitrogen and oxygen atoms in total. The minimum Gasteiger partial charge on any atom is -0.454 e. The first-order chi connectivity index (χ1) is 6.31. The van der Waals surface area contributed by atoms with Gasteiger partial charge in [-0.15, -0.1) is 0 Å². The number of benzene rings is 1. The second-order valence-electron chi connectivity index (χ2n) is 2.65. The van der Waals surface area contributed by atoms with E-state index in [0.29, 0.717) is 12.2 Å². The fourth-order valence-electron chi connectivity index (χ4n) is 1.21. The van der Waals surface area contributed by atoms with Gasteiger partial charge in [-0.3, -0.25) is 0 Å². The van der Waals surface area contributed by atoms with Crippen molar-refractivity contribution in [1.82, 2.24) is 0 Å². The molecule has 1 aromatic carbocycles. The van der Waals surface area contributed by atoms with Gasteiger partial charge in [-0.2, -0.15) is 5.26 Å². The first-order valence-electron chi connectivity index (χ1n) is 3.76. The third-order valence-corrected chi connectivity index (χ3v) is 2.36. The molecule has 2 rings (SSSR count). The molecule has 0 aromatic heterocycles. The van der Waals surface area contributed by atoms with Crippen LogP contribution in [0, 0.1) is 11.3 Å². The Morgan fingerprint density at radius 1 is 1.46 bits per heavy atom. The molecule has 0 saturated carbocycles. The zero-order valence-corrected chi connectivity index (χ0v) is 8.30. The Balaban J connectivity index is 2.44. The Hall–Kier alpha value is -1.21. The van der Waals surface area contributed by atoms with Crippen LogP contribution in [0.2, 0.25) is 0 Å². The third-order valence-electron chi connectivity index (χ3n) is 1.77. The Labute approximate surface area is 84.0 Å². The van der Waals surface area contributed by atoms with Gasteiger partial charge in [0.05, 0.1) is 17.0 Å². The van der Waals surface area contributed by atoms with E-state index < -0.39 is 0 Å². The molecule has 0 radical (unpaired) electrons. The number of halogens is 1. The number of nitriles is 1. The van der Waals surface area contributed by atoms with Gasteiger partial charge in [0.1, 0.15) is 0 Å². The SMILES string of the molecule is N#CCc1cc(Br)c2c(c1)OCO2. The molecule has 0 spiro atoms. The Morgan fingerprint density at radius 3 is 3.08 bits per heavy atom. The van der Waals surface area contributed by atoms with Crippen molar-refractivity contribution in [3.63, 3.8) is 0 Å². The maximum Gasteiger partial charge on any atom is 0.231 e. The lowest BCUT2D eigenvalue weighted by Crippen LogP contribution is -1.93. The van der Waals surface area contributed by atoms with Crippen LogP contribution in [-0.2, 0) is 6.42 Å². The van der Waals surface area contributed by atoms with E-state index in [1.165, 1.54) is 0 Å². The van der Waals surface area contributed by atoms with Crippen LogP contribution in [0.25, 0.3) is 0 Å². The number of fused-ring (bicyclic) bond motifs is 1. The summed E-state index contributed by atoms with van der Waals surface area (Å²) in [7, 11) is 0. The van der Waals surface area contributed by atoms with Crippen LogP contribution in [0.3, 0.4) is 0 Å². The number of hydrogen-bond donors (Lipinski definition) is 0. The number of hydrogen-bond acceptors (Lipinski definition) is 3. The van der Waals surface area contributed by atoms with Gasteiger partial charge in [-0.05, 0) is 33.6 Å². The van der Waals surface area contributed by atoms with Gasteiger partial charge in [0.15, 0.2) is 11.5 Å². The van der Waals surface area contributed by atoms with Crippen LogP contribution in [0.15, 0.2) is 16.6 Å². The van der Waals surface area contributed by atoms with Crippen molar-refractivity contribution < 1.29 is 9.47 Å². The van der Waals surface area contributed by atoms with Crippen LogP contribution in [0.1, 0.15) is 5.56 Å². The summed E-state index contributed by atoms with van der Waals surface area (Å²) in [6.45, 7) is 0.254. The van der Waals surface area contributed by atoms with Crippen molar-refractivity contribution >= 4 is 15.9 Å². The van der Waals surface area contributed by atoms with E-state index >= 15 is 0 Å². The lowest BCUT2D eigenvalue weighted by atomic mass is 10.1. The van der Waals surface area contributed by atoms with Gasteiger partial charge in [0.25, 0.3) is 0 Å². The second kappa shape index (κ2) is 3.27. The summed E-state index contributed by atoms with van der Waals surface area (Å²) < 4.78 is 11.3. The number of ether oxygens (including phenoxy) is 2. The van der Waals surface area contributed by atoms with Gasteiger partial charge in [0.2, 0.25) is 6.79 Å². The first-order valence-corrected chi connectivity index (χ1v) is 4.55. The quantitative estimate of drug-likeness (QED) is 0.755. The van der Waals surface area contributed by atoms with Crippen LogP contribution >= 0.6 is 15.9 Å². The Bertz CT molecular complexity index is 384. The standard InChI is InChI=1S/C9H6BrNO2/c10-7-3-6(1-2-11)4-8-9(7)13-5-12-8/h3-4H,1,5H2. The van der Waals surface area contributed by atoms with Gasteiger partial charge >= 0.3 is 0 Å². The molecule has 1 heterocycles. The highest BCUT2D eigenvalue weighted by Crippen LogP contribution is 2.39. The van der Waals surface area contributed by atoms with Crippen molar-refractivity contribution in [1.29, 1.82) is 5.26 Å². The normalized spacial score (nSPS) is 12.6. The van der Waals surface area contributed by atoms with E-state index in [1.54, 1.807) is 0 Å². The first kappa shape index (κ1) is 8.39. The molecular weight excluding hydrogens is 234 g/mol. The number of rotatable bonds is 1. The summed E-state index contributed by atoms with van der Waals surface area (Å²) in [5, 5.41) is 8.52. The zero-order valence-electron chi connectivity index (χ0n) is 6.71. The van der Waals surface area contributed by atoms with E-state index in [-0.39, 0.29) is 6.79 Å². The molecular formula is C9H6BrNO2. The van der Waals surface area contributed by atoms with Gasteiger partial charge in [-0.25, -0.2) is 0 Å². The van der Waals surface area contributed by atoms with E-state index in [1.807, 2.05) is 12.1 Å². The summed E-state index contributed by atoms with van der Waals surface area (Å²) >= 11 is 3.35. The van der Waals surface area contributed by atoms with Gasteiger partial charge < -0.3 is 9.47 Å². The largest absolute Gasteiger partial charge is 0.454 e. The summed E-state index contributed by atoms with van der Waals surface area (Å²) in [5.41, 5.74) is 0.929. The maximum atomic E-state index is 8.52. The third kappa shape index (κ3) is 1.47. The molecule has 0 atom stereocenters. The highest BCUT2D eigenvalue weighted by atomic mass is 79.9. The lowest BCUT2D eigenvalue weighted by molar-refractivity contribution is 0.173. The van der Waals surface area contributed by atoms with Crippen molar-refractivity contribution in [3.8, 4) is 17.6 Å². The average Bonchev–Trinajstić information content (AvgIpc) is 2.53. The fourth-order valence-corrected chi connectivity index (χ4v) is 1.82. The van der Waals surface area contributed by atoms with Crippen LogP contribution in [0.5, 0.6) is 11.5 Å². The molecule has 0 aliphatic carbocycles. The topological polar surface area (TPSA) is 42.2 Å². The molecule has 1 aliphatic rings. The van der Waals surface area contributed by atoms with E-state index in [0.717, 1.165) is 15.8 Å². The minimum absolute atomic E-state index is 0.254. The lowest BCUT2D eigenvalue weighted by Gasteiger charge is -2.01. The predicted molar refractivity (Wildman–Crippen MR) is 49.6 cm³/mol. The predicted octanol–water partition coefficient (Wildman–Crippen LogP) is 2.24. The average molecular weight is 240 g/mol. The van der Waals surface area contributed by atoms with E-state index in [4.69, 9.17) is 14.7 Å². The maximum absolute atomic E-state index is 8.52. The molecule has 0 unspecified atom stereocenters. The fraction of sp³-hybridized carbons (Fsp3) is 0.222. The number of nitrogens with zero attached hydrogens (tertiary/aromatic N) is 1. The molecule has 0 amide bonds. The molecule has 13 heavy (non-hydrogen) atoms. The molecule has 1 aliphatic heterocycles. The molecule has 0 N–H and O–H groups in total. The highest BCUT2D eigenvalue weighted by molar-refractivity contribution is 9.10. The second-order valence-corrected chi connectivity index (χ2v) is 3.50. The smallest absolute Gasteiger partial charge is 0.231 e. The molecule has 0 saturated heterocycles. The van der Waals surface area contributed by atoms with Crippen molar-refractivity contribution in [2.75, 3.05) is 6.79 Å². The molecule has 0 fully saturated rings. The Morgan fingerprint density at radius 2 is 2.31 bits per heavy atom. The molecule has 0 bridgehead atoms. The van der Waals surface area contributed by atoms with Crippen LogP contribution in [-0.4, -0.2) is 6.79 Å². The summed E-state index contributed by atoms with van der Waals surface area (Å²) in [6.07, 6.45) is 0.384. The Kier molecular flexibility index (Phi) is 2.11. The van der Waals surface area contributed by atoms with Crippen LogP contribution < -0.4 is 9.47 Å². The molecule has 4 heteroatoms. The van der Waals surface area contributed by atoms with Gasteiger partial charge in [0, 0.05) is 0 Å². The summed E-state index contributed by atoms with van der Waals surface area (Å²) in [5.74, 6) is 1.43. The van der Waals surface area contributed by atoms with Crippen molar-refractivity contribution in [3.05, 3.63) is 22.2 Å². The van der Waals surface area contributed by atoms with Crippen molar-refractivity contribution in [2.24, 2.45) is 0 Å². The molecule has 1 aromatic rings. The van der Waals surface area contributed by atoms with Crippen molar-refractivity contribution in [2.45, 2.75) is 6.42 Å². The zero-order chi connectivity index (χ0) is 9.26. The highest BCUT2D eigenvalue weighted by Gasteiger charge is 2.17.